The number of pyridine rings is 1. The summed E-state index contributed by atoms with van der Waals surface area (Å²) in [7, 11) is 1.57. The zero-order valence-corrected chi connectivity index (χ0v) is 18.7. The lowest BCUT2D eigenvalue weighted by Crippen LogP contribution is -1.99. The van der Waals surface area contributed by atoms with Crippen molar-refractivity contribution in [1.82, 2.24) is 19.5 Å². The minimum absolute atomic E-state index is 0.399. The summed E-state index contributed by atoms with van der Waals surface area (Å²) < 4.78 is 7.28. The molecule has 0 atom stereocenters. The summed E-state index contributed by atoms with van der Waals surface area (Å²) in [4.78, 5) is 13.0. The van der Waals surface area contributed by atoms with E-state index >= 15 is 0 Å². The molecule has 0 saturated heterocycles. The lowest BCUT2D eigenvalue weighted by atomic mass is 10.1. The number of rotatable bonds is 4. The van der Waals surface area contributed by atoms with Crippen LogP contribution >= 0.6 is 11.3 Å². The molecule has 31 heavy (non-hydrogen) atoms. The van der Waals surface area contributed by atoms with Crippen molar-refractivity contribution in [3.63, 3.8) is 0 Å². The number of nitrogens with one attached hydrogen (secondary N) is 1. The van der Waals surface area contributed by atoms with Gasteiger partial charge in [0.25, 0.3) is 0 Å². The summed E-state index contributed by atoms with van der Waals surface area (Å²) in [5.74, 6) is 1.06. The topological polar surface area (TPSA) is 103 Å². The second kappa shape index (κ2) is 7.75. The van der Waals surface area contributed by atoms with Gasteiger partial charge in [0, 0.05) is 22.3 Å². The summed E-state index contributed by atoms with van der Waals surface area (Å²) in [5, 5.41) is 20.4. The largest absolute Gasteiger partial charge is 0.495 e. The van der Waals surface area contributed by atoms with Crippen molar-refractivity contribution in [2.75, 3.05) is 7.11 Å². The van der Waals surface area contributed by atoms with E-state index in [1.807, 2.05) is 39.8 Å². The molecule has 1 N–H and O–H groups in total. The average molecular weight is 429 g/mol. The maximum absolute atomic E-state index is 9.80. The number of aromatic amines is 1. The third-order valence-electron chi connectivity index (χ3n) is 5.38. The summed E-state index contributed by atoms with van der Waals surface area (Å²) in [6, 6.07) is 8.39. The molecule has 0 aromatic carbocycles. The van der Waals surface area contributed by atoms with Gasteiger partial charge in [-0.2, -0.15) is 10.5 Å². The molecule has 4 heterocycles. The Labute approximate surface area is 183 Å². The van der Waals surface area contributed by atoms with Crippen LogP contribution in [0.3, 0.4) is 0 Å². The van der Waals surface area contributed by atoms with Gasteiger partial charge in [0.05, 0.1) is 30.0 Å². The van der Waals surface area contributed by atoms with E-state index in [1.165, 1.54) is 0 Å². The number of fused-ring (bicyclic) bond motifs is 1. The van der Waals surface area contributed by atoms with Crippen LogP contribution < -0.4 is 4.74 Å². The fourth-order valence-corrected chi connectivity index (χ4v) is 4.79. The minimum atomic E-state index is 0.399. The van der Waals surface area contributed by atoms with Crippen LogP contribution in [-0.4, -0.2) is 26.6 Å². The smallest absolute Gasteiger partial charge is 0.178 e. The number of thiophene rings is 1. The van der Waals surface area contributed by atoms with Crippen molar-refractivity contribution < 1.29 is 4.74 Å². The molecule has 4 aromatic rings. The molecule has 4 rings (SSSR count). The number of hydrogen-bond acceptors (Lipinski definition) is 6. The SMILES string of the molecule is COc1cnc2nc(/C(C#N)=C/c3cc(C)n(-c4sc(C)c(C)c4C#N)c3C)[nH]c2c1. The van der Waals surface area contributed by atoms with Crippen LogP contribution in [0.4, 0.5) is 0 Å². The first kappa shape index (κ1) is 20.4. The van der Waals surface area contributed by atoms with E-state index in [0.29, 0.717) is 33.9 Å². The van der Waals surface area contributed by atoms with Gasteiger partial charge in [-0.05, 0) is 51.0 Å². The number of aromatic nitrogens is 4. The third-order valence-corrected chi connectivity index (χ3v) is 6.57. The van der Waals surface area contributed by atoms with Crippen LogP contribution in [0.15, 0.2) is 18.3 Å². The molecule has 8 heteroatoms. The second-order valence-electron chi connectivity index (χ2n) is 7.24. The Morgan fingerprint density at radius 1 is 1.23 bits per heavy atom. The van der Waals surface area contributed by atoms with Gasteiger partial charge in [0.2, 0.25) is 0 Å². The first-order chi connectivity index (χ1) is 14.9. The van der Waals surface area contributed by atoms with Gasteiger partial charge in [-0.25, -0.2) is 9.97 Å². The predicted molar refractivity (Wildman–Crippen MR) is 121 cm³/mol. The Hall–Kier alpha value is -3.88. The van der Waals surface area contributed by atoms with E-state index in [1.54, 1.807) is 30.7 Å². The van der Waals surface area contributed by atoms with Crippen molar-refractivity contribution in [3.05, 3.63) is 57.1 Å². The Morgan fingerprint density at radius 2 is 2.00 bits per heavy atom. The predicted octanol–water partition coefficient (Wildman–Crippen LogP) is 4.99. The zero-order chi connectivity index (χ0) is 22.3. The van der Waals surface area contributed by atoms with Gasteiger partial charge in [-0.15, -0.1) is 11.3 Å². The maximum Gasteiger partial charge on any atom is 0.178 e. The monoisotopic (exact) mass is 428 g/mol. The quantitative estimate of drug-likeness (QED) is 0.461. The van der Waals surface area contributed by atoms with Crippen LogP contribution in [0.25, 0.3) is 27.8 Å². The molecular formula is C23H20N6OS. The van der Waals surface area contributed by atoms with Gasteiger partial charge in [-0.1, -0.05) is 0 Å². The number of methoxy groups -OCH3 is 1. The Morgan fingerprint density at radius 3 is 2.68 bits per heavy atom. The van der Waals surface area contributed by atoms with Crippen LogP contribution in [-0.2, 0) is 0 Å². The normalized spacial score (nSPS) is 11.5. The molecule has 7 nitrogen and oxygen atoms in total. The highest BCUT2D eigenvalue weighted by Crippen LogP contribution is 2.34. The molecule has 4 aromatic heterocycles. The first-order valence-electron chi connectivity index (χ1n) is 9.59. The van der Waals surface area contributed by atoms with E-state index in [9.17, 15) is 10.5 Å². The van der Waals surface area contributed by atoms with E-state index < -0.39 is 0 Å². The van der Waals surface area contributed by atoms with Crippen molar-refractivity contribution in [3.8, 4) is 22.9 Å². The number of ether oxygens (including phenoxy) is 1. The van der Waals surface area contributed by atoms with Crippen LogP contribution in [0.1, 0.15) is 38.8 Å². The number of hydrogen-bond donors (Lipinski definition) is 1. The molecule has 0 aliphatic carbocycles. The lowest BCUT2D eigenvalue weighted by molar-refractivity contribution is 0.413. The number of allylic oxidation sites excluding steroid dienone is 1. The number of nitrogens with zero attached hydrogens (tertiary/aromatic N) is 5. The van der Waals surface area contributed by atoms with Gasteiger partial charge < -0.3 is 14.3 Å². The van der Waals surface area contributed by atoms with Gasteiger partial charge in [0.1, 0.15) is 22.9 Å². The van der Waals surface area contributed by atoms with E-state index in [4.69, 9.17) is 4.74 Å². The molecule has 0 fully saturated rings. The molecule has 0 amide bonds. The van der Waals surface area contributed by atoms with Gasteiger partial charge in [0.15, 0.2) is 11.5 Å². The fourth-order valence-electron chi connectivity index (χ4n) is 3.57. The third kappa shape index (κ3) is 3.37. The van der Waals surface area contributed by atoms with Gasteiger partial charge in [-0.3, -0.25) is 0 Å². The lowest BCUT2D eigenvalue weighted by Gasteiger charge is -2.07. The van der Waals surface area contributed by atoms with Crippen molar-refractivity contribution in [2.24, 2.45) is 0 Å². The zero-order valence-electron chi connectivity index (χ0n) is 17.9. The highest BCUT2D eigenvalue weighted by atomic mass is 32.1. The number of nitriles is 2. The molecule has 0 aliphatic rings. The Kier molecular flexibility index (Phi) is 5.10. The summed E-state index contributed by atoms with van der Waals surface area (Å²) in [6.07, 6.45) is 3.40. The standard InChI is InChI=1S/C23H20N6OS/c1-12-6-16(14(3)29(12)23-19(10-25)13(2)15(4)31-23)7-17(9-24)21-27-20-8-18(30-5)11-26-22(20)28-21/h6-8,11H,1-5H3,(H,26,27,28)/b17-7+. The molecule has 0 saturated carbocycles. The molecule has 154 valence electrons. The van der Waals surface area contributed by atoms with Crippen LogP contribution in [0, 0.1) is 50.4 Å². The Bertz CT molecular complexity index is 1440. The van der Waals surface area contributed by atoms with Gasteiger partial charge >= 0.3 is 0 Å². The van der Waals surface area contributed by atoms with Crippen LogP contribution in [0.5, 0.6) is 5.75 Å². The molecule has 0 aliphatic heterocycles. The summed E-state index contributed by atoms with van der Waals surface area (Å²) in [6.45, 7) is 7.99. The minimum Gasteiger partial charge on any atom is -0.495 e. The van der Waals surface area contributed by atoms with Crippen molar-refractivity contribution >= 4 is 34.1 Å². The van der Waals surface area contributed by atoms with Crippen LogP contribution in [0.2, 0.25) is 0 Å². The number of H-pyrrole nitrogens is 1. The number of aryl methyl sites for hydroxylation is 2. The van der Waals surface area contributed by atoms with E-state index in [2.05, 4.69) is 31.7 Å². The molecule has 0 radical (unpaired) electrons. The van der Waals surface area contributed by atoms with Crippen molar-refractivity contribution in [1.29, 1.82) is 10.5 Å². The molecule has 0 bridgehead atoms. The molecular weight excluding hydrogens is 408 g/mol. The Balaban J connectivity index is 1.82. The number of imidazole rings is 1. The summed E-state index contributed by atoms with van der Waals surface area (Å²) >= 11 is 1.60. The maximum atomic E-state index is 9.80. The molecule has 0 unspecified atom stereocenters. The summed E-state index contributed by atoms with van der Waals surface area (Å²) in [5.41, 5.74) is 6.17. The highest BCUT2D eigenvalue weighted by Gasteiger charge is 2.19. The van der Waals surface area contributed by atoms with E-state index in [0.717, 1.165) is 32.4 Å². The van der Waals surface area contributed by atoms with E-state index in [-0.39, 0.29) is 0 Å². The second-order valence-corrected chi connectivity index (χ2v) is 8.44. The average Bonchev–Trinajstić information content (AvgIpc) is 3.39. The first-order valence-corrected chi connectivity index (χ1v) is 10.4. The molecule has 0 spiro atoms. The highest BCUT2D eigenvalue weighted by molar-refractivity contribution is 7.14. The fraction of sp³-hybridized carbons (Fsp3) is 0.217. The van der Waals surface area contributed by atoms with Crippen molar-refractivity contribution in [2.45, 2.75) is 27.7 Å².